The third-order valence-electron chi connectivity index (χ3n) is 4.61. The predicted molar refractivity (Wildman–Crippen MR) is 107 cm³/mol. The molecule has 3 rings (SSSR count). The number of nitrogens with one attached hydrogen (secondary N) is 2. The molecule has 1 amide bonds. The Morgan fingerprint density at radius 2 is 1.88 bits per heavy atom. The van der Waals surface area contributed by atoms with Crippen LogP contribution in [0, 0.1) is 0 Å². The van der Waals surface area contributed by atoms with Crippen molar-refractivity contribution in [3.63, 3.8) is 0 Å². The molecule has 180 valence electrons. The SMILES string of the molecule is O=C(NCc1cc(C2CNCCC2(F)F)ccn1)OCc1ccccc1.O=C(O)C(F)(F)F. The number of carboxylic acids is 1. The van der Waals surface area contributed by atoms with Crippen molar-refractivity contribution >= 4 is 12.1 Å². The van der Waals surface area contributed by atoms with Gasteiger partial charge in [-0.3, -0.25) is 4.98 Å². The number of alkyl halides is 5. The van der Waals surface area contributed by atoms with Gasteiger partial charge in [0.25, 0.3) is 5.92 Å². The molecule has 1 unspecified atom stereocenters. The van der Waals surface area contributed by atoms with Gasteiger partial charge in [0.1, 0.15) is 6.61 Å². The number of ether oxygens (including phenoxy) is 1. The van der Waals surface area contributed by atoms with Gasteiger partial charge in [0.15, 0.2) is 0 Å². The van der Waals surface area contributed by atoms with Crippen LogP contribution in [0.1, 0.15) is 29.2 Å². The van der Waals surface area contributed by atoms with Crippen molar-refractivity contribution in [3.05, 3.63) is 65.5 Å². The van der Waals surface area contributed by atoms with Crippen molar-refractivity contribution in [1.82, 2.24) is 15.6 Å². The molecule has 12 heteroatoms. The zero-order valence-electron chi connectivity index (χ0n) is 17.2. The highest BCUT2D eigenvalue weighted by Crippen LogP contribution is 2.37. The fourth-order valence-electron chi connectivity index (χ4n) is 2.93. The minimum absolute atomic E-state index is 0.118. The van der Waals surface area contributed by atoms with Crippen LogP contribution >= 0.6 is 0 Å². The van der Waals surface area contributed by atoms with Crippen LogP contribution in [0.25, 0.3) is 0 Å². The van der Waals surface area contributed by atoms with Crippen molar-refractivity contribution in [2.45, 2.75) is 37.6 Å². The van der Waals surface area contributed by atoms with E-state index in [4.69, 9.17) is 14.6 Å². The van der Waals surface area contributed by atoms with Crippen molar-refractivity contribution < 1.29 is 41.4 Å². The Morgan fingerprint density at radius 3 is 2.48 bits per heavy atom. The van der Waals surface area contributed by atoms with Gasteiger partial charge in [0.05, 0.1) is 18.2 Å². The van der Waals surface area contributed by atoms with Gasteiger partial charge in [-0.25, -0.2) is 18.4 Å². The lowest BCUT2D eigenvalue weighted by Gasteiger charge is -2.32. The number of hydrogen-bond acceptors (Lipinski definition) is 5. The van der Waals surface area contributed by atoms with E-state index in [-0.39, 0.29) is 26.1 Å². The van der Waals surface area contributed by atoms with E-state index in [1.54, 1.807) is 12.1 Å². The minimum Gasteiger partial charge on any atom is -0.475 e. The number of piperidine rings is 1. The molecule has 3 N–H and O–H groups in total. The first kappa shape index (κ1) is 26.0. The van der Waals surface area contributed by atoms with Crippen LogP contribution in [0.15, 0.2) is 48.7 Å². The van der Waals surface area contributed by atoms with Gasteiger partial charge in [0, 0.05) is 25.7 Å². The van der Waals surface area contributed by atoms with Gasteiger partial charge in [-0.05, 0) is 23.3 Å². The van der Waals surface area contributed by atoms with Gasteiger partial charge >= 0.3 is 18.2 Å². The van der Waals surface area contributed by atoms with Crippen molar-refractivity contribution in [1.29, 1.82) is 0 Å². The van der Waals surface area contributed by atoms with E-state index >= 15 is 0 Å². The molecule has 7 nitrogen and oxygen atoms in total. The van der Waals surface area contributed by atoms with Crippen LogP contribution in [-0.4, -0.2) is 47.3 Å². The first-order valence-corrected chi connectivity index (χ1v) is 9.77. The van der Waals surface area contributed by atoms with E-state index in [1.807, 2.05) is 30.3 Å². The maximum atomic E-state index is 14.1. The molecule has 0 aliphatic carbocycles. The summed E-state index contributed by atoms with van der Waals surface area (Å²) in [7, 11) is 0. The fraction of sp³-hybridized carbons (Fsp3) is 0.381. The molecule has 1 fully saturated rings. The number of aliphatic carboxylic acids is 1. The highest BCUT2D eigenvalue weighted by molar-refractivity contribution is 5.73. The molecule has 2 aromatic rings. The Bertz CT molecular complexity index is 926. The third kappa shape index (κ3) is 8.64. The number of benzene rings is 1. The first-order valence-electron chi connectivity index (χ1n) is 9.77. The van der Waals surface area contributed by atoms with E-state index < -0.39 is 30.1 Å². The quantitative estimate of drug-likeness (QED) is 0.568. The summed E-state index contributed by atoms with van der Waals surface area (Å²) >= 11 is 0. The minimum atomic E-state index is -5.08. The second kappa shape index (κ2) is 11.5. The van der Waals surface area contributed by atoms with Crippen molar-refractivity contribution in [2.75, 3.05) is 13.1 Å². The second-order valence-electron chi connectivity index (χ2n) is 7.07. The van der Waals surface area contributed by atoms with E-state index in [0.29, 0.717) is 17.8 Å². The number of amides is 1. The summed E-state index contributed by atoms with van der Waals surface area (Å²) in [5.41, 5.74) is 1.92. The number of nitrogens with zero attached hydrogens (tertiary/aromatic N) is 1. The Balaban J connectivity index is 0.000000479. The summed E-state index contributed by atoms with van der Waals surface area (Å²) < 4.78 is 65.1. The number of carbonyl (C=O) groups is 2. The lowest BCUT2D eigenvalue weighted by atomic mass is 9.88. The zero-order valence-corrected chi connectivity index (χ0v) is 17.2. The van der Waals surface area contributed by atoms with E-state index in [0.717, 1.165) is 5.56 Å². The molecule has 2 heterocycles. The summed E-state index contributed by atoms with van der Waals surface area (Å²) in [5.74, 6) is -6.39. The van der Waals surface area contributed by atoms with Gasteiger partial charge < -0.3 is 20.5 Å². The molecule has 1 aliphatic rings. The molecule has 1 saturated heterocycles. The largest absolute Gasteiger partial charge is 0.490 e. The first-order chi connectivity index (χ1) is 15.5. The number of halogens is 5. The van der Waals surface area contributed by atoms with Crippen molar-refractivity contribution in [3.8, 4) is 0 Å². The smallest absolute Gasteiger partial charge is 0.475 e. The third-order valence-corrected chi connectivity index (χ3v) is 4.61. The Labute approximate surface area is 186 Å². The number of rotatable bonds is 5. The van der Waals surface area contributed by atoms with Gasteiger partial charge in [-0.2, -0.15) is 13.2 Å². The summed E-state index contributed by atoms with van der Waals surface area (Å²) in [6, 6.07) is 12.5. The van der Waals surface area contributed by atoms with Gasteiger partial charge in [-0.15, -0.1) is 0 Å². The molecule has 0 spiro atoms. The molecule has 0 radical (unpaired) electrons. The maximum Gasteiger partial charge on any atom is 0.490 e. The molecule has 33 heavy (non-hydrogen) atoms. The van der Waals surface area contributed by atoms with E-state index in [2.05, 4.69) is 15.6 Å². The highest BCUT2D eigenvalue weighted by Gasteiger charge is 2.42. The molecule has 1 aliphatic heterocycles. The fourth-order valence-corrected chi connectivity index (χ4v) is 2.93. The number of aromatic nitrogens is 1. The Morgan fingerprint density at radius 1 is 1.21 bits per heavy atom. The molecular weight excluding hydrogens is 453 g/mol. The predicted octanol–water partition coefficient (Wildman–Crippen LogP) is 3.85. The molecule has 1 aromatic heterocycles. The van der Waals surface area contributed by atoms with Crippen LogP contribution in [0.3, 0.4) is 0 Å². The molecular formula is C21H22F5N3O4. The van der Waals surface area contributed by atoms with Gasteiger partial charge in [0.2, 0.25) is 0 Å². The monoisotopic (exact) mass is 475 g/mol. The molecule has 1 atom stereocenters. The Hall–Kier alpha value is -3.28. The average molecular weight is 475 g/mol. The average Bonchev–Trinajstić information content (AvgIpc) is 2.76. The number of pyridine rings is 1. The molecule has 1 aromatic carbocycles. The summed E-state index contributed by atoms with van der Waals surface area (Å²) in [4.78, 5) is 24.8. The van der Waals surface area contributed by atoms with Crippen LogP contribution in [0.5, 0.6) is 0 Å². The lowest BCUT2D eigenvalue weighted by Crippen LogP contribution is -2.43. The summed E-state index contributed by atoms with van der Waals surface area (Å²) in [5, 5.41) is 12.7. The molecule has 0 bridgehead atoms. The number of hydrogen-bond donors (Lipinski definition) is 3. The summed E-state index contributed by atoms with van der Waals surface area (Å²) in [6.45, 7) is 0.826. The normalized spacial score (nSPS) is 17.3. The van der Waals surface area contributed by atoms with Gasteiger partial charge in [-0.1, -0.05) is 30.3 Å². The van der Waals surface area contributed by atoms with Crippen LogP contribution in [0.2, 0.25) is 0 Å². The number of alkyl carbamates (subject to hydrolysis) is 1. The molecule has 0 saturated carbocycles. The van der Waals surface area contributed by atoms with E-state index in [1.165, 1.54) is 6.20 Å². The maximum absolute atomic E-state index is 14.1. The van der Waals surface area contributed by atoms with Crippen LogP contribution in [-0.2, 0) is 22.7 Å². The van der Waals surface area contributed by atoms with E-state index in [9.17, 15) is 26.7 Å². The van der Waals surface area contributed by atoms with Crippen LogP contribution < -0.4 is 10.6 Å². The lowest BCUT2D eigenvalue weighted by molar-refractivity contribution is -0.192. The standard InChI is InChI=1S/C19H21F2N3O2.C2HF3O2/c20-19(21)7-9-22-12-17(19)15-6-8-23-16(10-15)11-24-18(25)26-13-14-4-2-1-3-5-14;3-2(4,5)1(6)7/h1-6,8,10,17,22H,7,9,11-13H2,(H,24,25);(H,6,7). The zero-order chi connectivity index (χ0) is 24.5. The summed E-state index contributed by atoms with van der Waals surface area (Å²) in [6.07, 6.45) is -4.35. The highest BCUT2D eigenvalue weighted by atomic mass is 19.4. The van der Waals surface area contributed by atoms with Crippen molar-refractivity contribution in [2.24, 2.45) is 0 Å². The topological polar surface area (TPSA) is 101 Å². The number of carboxylic acid groups (broad SMARTS) is 1. The number of carbonyl (C=O) groups excluding carboxylic acids is 1. The second-order valence-corrected chi connectivity index (χ2v) is 7.07. The van der Waals surface area contributed by atoms with Crippen LogP contribution in [0.4, 0.5) is 26.7 Å². The Kier molecular flexibility index (Phi) is 9.09.